The van der Waals surface area contributed by atoms with Gasteiger partial charge in [-0.25, -0.2) is 9.78 Å². The van der Waals surface area contributed by atoms with Crippen molar-refractivity contribution in [3.8, 4) is 33.5 Å². The quantitative estimate of drug-likeness (QED) is 0.187. The van der Waals surface area contributed by atoms with Crippen molar-refractivity contribution >= 4 is 39.1 Å². The van der Waals surface area contributed by atoms with E-state index in [0.29, 0.717) is 23.9 Å². The number of methoxy groups -OCH3 is 1. The first kappa shape index (κ1) is 27.4. The van der Waals surface area contributed by atoms with Crippen LogP contribution in [0.2, 0.25) is 0 Å². The number of thiazole rings is 1. The van der Waals surface area contributed by atoms with Gasteiger partial charge in [0.15, 0.2) is 17.1 Å². The number of hydrogen-bond donors (Lipinski definition) is 1. The fourth-order valence-corrected chi connectivity index (χ4v) is 5.92. The molecule has 0 saturated carbocycles. The van der Waals surface area contributed by atoms with Crippen molar-refractivity contribution in [3.05, 3.63) is 102 Å². The van der Waals surface area contributed by atoms with Crippen molar-refractivity contribution in [1.29, 1.82) is 0 Å². The molecule has 0 aliphatic rings. The molecule has 8 heteroatoms. The molecule has 1 N–H and O–H groups in total. The van der Waals surface area contributed by atoms with E-state index in [1.54, 1.807) is 32.3 Å². The average molecular weight is 579 g/mol. The van der Waals surface area contributed by atoms with Gasteiger partial charge in [-0.3, -0.25) is 0 Å². The van der Waals surface area contributed by atoms with Gasteiger partial charge in [-0.15, -0.1) is 11.3 Å². The predicted octanol–water partition coefficient (Wildman–Crippen LogP) is 8.05. The second-order valence-electron chi connectivity index (χ2n) is 10.4. The van der Waals surface area contributed by atoms with Crippen molar-refractivity contribution in [2.75, 3.05) is 7.11 Å². The highest BCUT2D eigenvalue weighted by Crippen LogP contribution is 2.40. The summed E-state index contributed by atoms with van der Waals surface area (Å²) in [6, 6.07) is 29.7. The van der Waals surface area contributed by atoms with Crippen LogP contribution in [0.3, 0.4) is 0 Å². The molecule has 2 aromatic heterocycles. The molecule has 0 radical (unpaired) electrons. The molecule has 0 aliphatic carbocycles. The maximum absolute atomic E-state index is 11.8. The van der Waals surface area contributed by atoms with Crippen LogP contribution in [0.15, 0.2) is 91.0 Å². The number of para-hydroxylation sites is 1. The number of rotatable bonds is 9. The SMILES string of the molecule is COc1cc(-n2c3ccccc3c3c(OC(C)(C)C(=O)O)cccc32)ccc1OCc1nc(-c2ccccc2)sc1C. The lowest BCUT2D eigenvalue weighted by Crippen LogP contribution is -2.37. The monoisotopic (exact) mass is 578 g/mol. The van der Waals surface area contributed by atoms with Gasteiger partial charge < -0.3 is 23.9 Å². The summed E-state index contributed by atoms with van der Waals surface area (Å²) in [5.41, 5.74) is 3.30. The maximum Gasteiger partial charge on any atom is 0.347 e. The zero-order valence-electron chi connectivity index (χ0n) is 23.8. The first-order valence-corrected chi connectivity index (χ1v) is 14.4. The Morgan fingerprint density at radius 2 is 1.64 bits per heavy atom. The molecule has 7 nitrogen and oxygen atoms in total. The summed E-state index contributed by atoms with van der Waals surface area (Å²) in [4.78, 5) is 17.8. The second kappa shape index (κ2) is 10.9. The fraction of sp³-hybridized carbons (Fsp3) is 0.176. The van der Waals surface area contributed by atoms with Crippen molar-refractivity contribution in [1.82, 2.24) is 9.55 Å². The van der Waals surface area contributed by atoms with Gasteiger partial charge in [-0.1, -0.05) is 54.6 Å². The Labute approximate surface area is 247 Å². The minimum atomic E-state index is -1.39. The Morgan fingerprint density at radius 1 is 0.905 bits per heavy atom. The number of aryl methyl sites for hydroxylation is 1. The zero-order valence-corrected chi connectivity index (χ0v) is 24.6. The third-order valence-electron chi connectivity index (χ3n) is 7.22. The van der Waals surface area contributed by atoms with Crippen LogP contribution >= 0.6 is 11.3 Å². The molecule has 42 heavy (non-hydrogen) atoms. The zero-order chi connectivity index (χ0) is 29.4. The molecule has 6 rings (SSSR count). The van der Waals surface area contributed by atoms with E-state index in [2.05, 4.69) is 23.6 Å². The lowest BCUT2D eigenvalue weighted by molar-refractivity contribution is -0.152. The Morgan fingerprint density at radius 3 is 2.40 bits per heavy atom. The number of carboxylic acids is 1. The van der Waals surface area contributed by atoms with Gasteiger partial charge >= 0.3 is 5.97 Å². The largest absolute Gasteiger partial charge is 0.493 e. The van der Waals surface area contributed by atoms with E-state index in [-0.39, 0.29) is 0 Å². The van der Waals surface area contributed by atoms with E-state index in [0.717, 1.165) is 48.6 Å². The number of carboxylic acid groups (broad SMARTS) is 1. The molecule has 0 atom stereocenters. The number of aromatic nitrogens is 2. The van der Waals surface area contributed by atoms with Gasteiger partial charge in [0.1, 0.15) is 17.4 Å². The topological polar surface area (TPSA) is 82.8 Å². The highest BCUT2D eigenvalue weighted by Gasteiger charge is 2.31. The minimum absolute atomic E-state index is 0.320. The van der Waals surface area contributed by atoms with Crippen LogP contribution in [0.4, 0.5) is 0 Å². The standard InChI is InChI=1S/C34H30N2O5S/c1-21-25(35-32(42-21)22-11-6-5-7-12-22)20-40-28-18-17-23(19-30(28)39-4)36-26-14-9-8-13-24(26)31-27(36)15-10-16-29(31)41-34(2,3)33(37)38/h5-19H,20H2,1-4H3,(H,37,38). The lowest BCUT2D eigenvalue weighted by Gasteiger charge is -2.22. The molecular formula is C34H30N2O5S. The molecule has 4 aromatic carbocycles. The minimum Gasteiger partial charge on any atom is -0.493 e. The van der Waals surface area contributed by atoms with Gasteiger partial charge in [0.05, 0.1) is 34.9 Å². The summed E-state index contributed by atoms with van der Waals surface area (Å²) in [6.45, 7) is 5.47. The van der Waals surface area contributed by atoms with Crippen LogP contribution in [0, 0.1) is 6.92 Å². The summed E-state index contributed by atoms with van der Waals surface area (Å²) >= 11 is 1.65. The highest BCUT2D eigenvalue weighted by atomic mass is 32.1. The summed E-state index contributed by atoms with van der Waals surface area (Å²) in [6.07, 6.45) is 0. The van der Waals surface area contributed by atoms with E-state index in [1.807, 2.05) is 78.9 Å². The Bertz CT molecular complexity index is 1920. The predicted molar refractivity (Wildman–Crippen MR) is 166 cm³/mol. The smallest absolute Gasteiger partial charge is 0.347 e. The number of fused-ring (bicyclic) bond motifs is 3. The van der Waals surface area contributed by atoms with Crippen molar-refractivity contribution in [2.24, 2.45) is 0 Å². The summed E-state index contributed by atoms with van der Waals surface area (Å²) in [7, 11) is 1.62. The Hall–Kier alpha value is -4.82. The number of nitrogens with zero attached hydrogens (tertiary/aromatic N) is 2. The van der Waals surface area contributed by atoms with E-state index in [1.165, 1.54) is 0 Å². The van der Waals surface area contributed by atoms with Gasteiger partial charge in [0, 0.05) is 21.9 Å². The first-order valence-electron chi connectivity index (χ1n) is 13.5. The third kappa shape index (κ3) is 4.94. The van der Waals surface area contributed by atoms with Crippen LogP contribution < -0.4 is 14.2 Å². The number of hydrogen-bond acceptors (Lipinski definition) is 6. The molecule has 0 saturated heterocycles. The maximum atomic E-state index is 11.8. The number of ether oxygens (including phenoxy) is 3. The number of benzene rings is 4. The van der Waals surface area contributed by atoms with E-state index in [9.17, 15) is 9.90 Å². The van der Waals surface area contributed by atoms with E-state index < -0.39 is 11.6 Å². The summed E-state index contributed by atoms with van der Waals surface area (Å²) in [5.74, 6) is 0.680. The molecule has 0 spiro atoms. The molecule has 2 heterocycles. The molecule has 6 aromatic rings. The van der Waals surface area contributed by atoms with Crippen molar-refractivity contribution < 1.29 is 24.1 Å². The average Bonchev–Trinajstić information content (AvgIpc) is 3.54. The highest BCUT2D eigenvalue weighted by molar-refractivity contribution is 7.15. The third-order valence-corrected chi connectivity index (χ3v) is 8.28. The number of carbonyl (C=O) groups is 1. The molecule has 0 fully saturated rings. The molecule has 0 unspecified atom stereocenters. The van der Waals surface area contributed by atoms with Crippen LogP contribution in [-0.2, 0) is 11.4 Å². The lowest BCUT2D eigenvalue weighted by atomic mass is 10.1. The first-order chi connectivity index (χ1) is 20.3. The van der Waals surface area contributed by atoms with Crippen LogP contribution in [0.5, 0.6) is 17.2 Å². The fourth-order valence-electron chi connectivity index (χ4n) is 5.00. The van der Waals surface area contributed by atoms with E-state index >= 15 is 0 Å². The summed E-state index contributed by atoms with van der Waals surface area (Å²) in [5, 5.41) is 12.4. The molecule has 0 amide bonds. The van der Waals surface area contributed by atoms with E-state index in [4.69, 9.17) is 19.2 Å². The molecule has 212 valence electrons. The van der Waals surface area contributed by atoms with Crippen molar-refractivity contribution in [2.45, 2.75) is 33.0 Å². The van der Waals surface area contributed by atoms with Gasteiger partial charge in [0.2, 0.25) is 0 Å². The van der Waals surface area contributed by atoms with Crippen molar-refractivity contribution in [3.63, 3.8) is 0 Å². The normalized spacial score (nSPS) is 11.6. The molecular weight excluding hydrogens is 548 g/mol. The van der Waals surface area contributed by atoms with Crippen LogP contribution in [0.25, 0.3) is 38.1 Å². The van der Waals surface area contributed by atoms with Gasteiger partial charge in [-0.05, 0) is 51.1 Å². The van der Waals surface area contributed by atoms with Gasteiger partial charge in [0.25, 0.3) is 0 Å². The summed E-state index contributed by atoms with van der Waals surface area (Å²) < 4.78 is 20.2. The Balaban J connectivity index is 1.36. The molecule has 0 aliphatic heterocycles. The molecule has 0 bridgehead atoms. The van der Waals surface area contributed by atoms with Crippen LogP contribution in [-0.4, -0.2) is 33.3 Å². The second-order valence-corrected chi connectivity index (χ2v) is 11.6. The van der Waals surface area contributed by atoms with Gasteiger partial charge in [-0.2, -0.15) is 0 Å². The van der Waals surface area contributed by atoms with Crippen LogP contribution in [0.1, 0.15) is 24.4 Å². The Kier molecular flexibility index (Phi) is 7.08. The number of aliphatic carboxylic acids is 1.